The van der Waals surface area contributed by atoms with Gasteiger partial charge in [-0.05, 0) is 30.3 Å². The lowest BCUT2D eigenvalue weighted by molar-refractivity contribution is 0.0151. The average molecular weight is 406 g/mol. The predicted octanol–water partition coefficient (Wildman–Crippen LogP) is 5.39. The summed E-state index contributed by atoms with van der Waals surface area (Å²) >= 11 is 0. The molecule has 0 spiro atoms. The number of pyridine rings is 1. The van der Waals surface area contributed by atoms with Crippen LogP contribution >= 0.6 is 0 Å². The van der Waals surface area contributed by atoms with Crippen LogP contribution < -0.4 is 10.6 Å². The number of halogens is 2. The molecule has 30 heavy (non-hydrogen) atoms. The van der Waals surface area contributed by atoms with E-state index in [-0.39, 0.29) is 13.0 Å². The summed E-state index contributed by atoms with van der Waals surface area (Å²) in [6.45, 7) is 8.51. The average Bonchev–Trinajstić information content (AvgIpc) is 3.11. The molecule has 1 aliphatic rings. The molecular formula is C24H24F2N4. The number of benzene rings is 2. The maximum absolute atomic E-state index is 13.4. The van der Waals surface area contributed by atoms with Crippen LogP contribution in [0.4, 0.5) is 20.2 Å². The van der Waals surface area contributed by atoms with E-state index in [1.54, 1.807) is 11.1 Å². The summed E-state index contributed by atoms with van der Waals surface area (Å²) in [5.41, 5.74) is 5.06. The van der Waals surface area contributed by atoms with E-state index in [0.29, 0.717) is 24.5 Å². The highest BCUT2D eigenvalue weighted by Gasteiger charge is 2.38. The molecule has 2 N–H and O–H groups in total. The molecule has 4 rings (SSSR count). The third-order valence-electron chi connectivity index (χ3n) is 5.25. The van der Waals surface area contributed by atoms with Crippen molar-refractivity contribution in [2.45, 2.75) is 12.3 Å². The Bertz CT molecular complexity index is 1080. The maximum Gasteiger partial charge on any atom is 0.266 e. The number of alkyl halides is 2. The highest BCUT2D eigenvalue weighted by atomic mass is 19.3. The first kappa shape index (κ1) is 19.9. The molecule has 0 aliphatic carbocycles. The first-order valence-corrected chi connectivity index (χ1v) is 9.86. The Balaban J connectivity index is 1.45. The van der Waals surface area contributed by atoms with Crippen LogP contribution in [0.1, 0.15) is 12.0 Å². The number of anilines is 2. The van der Waals surface area contributed by atoms with E-state index in [1.165, 1.54) is 0 Å². The van der Waals surface area contributed by atoms with Crippen molar-refractivity contribution >= 4 is 28.0 Å². The van der Waals surface area contributed by atoms with E-state index in [4.69, 9.17) is 0 Å². The van der Waals surface area contributed by atoms with Crippen molar-refractivity contribution in [1.29, 1.82) is 0 Å². The van der Waals surface area contributed by atoms with Gasteiger partial charge in [0.05, 0.1) is 18.6 Å². The lowest BCUT2D eigenvalue weighted by atomic mass is 10.1. The molecule has 2 aromatic carbocycles. The second-order valence-electron chi connectivity index (χ2n) is 7.51. The van der Waals surface area contributed by atoms with E-state index in [1.807, 2.05) is 54.6 Å². The second-order valence-corrected chi connectivity index (χ2v) is 7.51. The number of hydrogen-bond acceptors (Lipinski definition) is 4. The van der Waals surface area contributed by atoms with Crippen molar-refractivity contribution in [1.82, 2.24) is 15.2 Å². The molecular weight excluding hydrogens is 382 g/mol. The van der Waals surface area contributed by atoms with Crippen molar-refractivity contribution in [2.75, 3.05) is 25.0 Å². The van der Waals surface area contributed by atoms with Crippen LogP contribution in [0, 0.1) is 0 Å². The van der Waals surface area contributed by atoms with E-state index >= 15 is 0 Å². The monoisotopic (exact) mass is 406 g/mol. The maximum atomic E-state index is 13.4. The fourth-order valence-corrected chi connectivity index (χ4v) is 3.60. The standard InChI is InChI=1S/C24H24F2N4/c1-17(30-13-11-24(25,26)16-30)15-28-18(2)21-10-12-27-23-14-20(8-9-22(21)23)29-19-6-4-3-5-7-19/h3-10,12,14,28-29H,1-2,11,13,15-16H2. The number of fused-ring (bicyclic) bond motifs is 1. The molecule has 1 fully saturated rings. The van der Waals surface area contributed by atoms with Gasteiger partial charge in [-0.2, -0.15) is 0 Å². The highest BCUT2D eigenvalue weighted by Crippen LogP contribution is 2.29. The molecule has 1 aliphatic heterocycles. The SMILES string of the molecule is C=C(NCC(=C)N1CCC(F)(F)C1)c1ccnc2cc(Nc3ccccc3)ccc12. The fourth-order valence-electron chi connectivity index (χ4n) is 3.60. The summed E-state index contributed by atoms with van der Waals surface area (Å²) in [5.74, 6) is -2.63. The first-order chi connectivity index (χ1) is 14.4. The van der Waals surface area contributed by atoms with Gasteiger partial charge in [0.15, 0.2) is 0 Å². The fraction of sp³-hybridized carbons (Fsp3) is 0.208. The van der Waals surface area contributed by atoms with Crippen molar-refractivity contribution in [2.24, 2.45) is 0 Å². The van der Waals surface area contributed by atoms with Crippen LogP contribution in [-0.2, 0) is 0 Å². The van der Waals surface area contributed by atoms with Gasteiger partial charge in [0.25, 0.3) is 5.92 Å². The quantitative estimate of drug-likeness (QED) is 0.552. The molecule has 0 unspecified atom stereocenters. The summed E-state index contributed by atoms with van der Waals surface area (Å²) in [7, 11) is 0. The lowest BCUT2D eigenvalue weighted by Crippen LogP contribution is -2.29. The zero-order chi connectivity index (χ0) is 21.1. The number of nitrogens with one attached hydrogen (secondary N) is 2. The smallest absolute Gasteiger partial charge is 0.266 e. The Morgan fingerprint density at radius 2 is 1.87 bits per heavy atom. The first-order valence-electron chi connectivity index (χ1n) is 9.86. The molecule has 154 valence electrons. The molecule has 4 nitrogen and oxygen atoms in total. The molecule has 1 aromatic heterocycles. The minimum atomic E-state index is -2.63. The van der Waals surface area contributed by atoms with Crippen LogP contribution in [0.2, 0.25) is 0 Å². The lowest BCUT2D eigenvalue weighted by Gasteiger charge is -2.22. The van der Waals surface area contributed by atoms with Gasteiger partial charge in [0.1, 0.15) is 0 Å². The van der Waals surface area contributed by atoms with Crippen LogP contribution in [0.15, 0.2) is 79.6 Å². The predicted molar refractivity (Wildman–Crippen MR) is 119 cm³/mol. The molecule has 0 bridgehead atoms. The second kappa shape index (κ2) is 8.14. The number of likely N-dealkylation sites (tertiary alicyclic amines) is 1. The summed E-state index contributed by atoms with van der Waals surface area (Å²) in [6, 6.07) is 17.8. The Kier molecular flexibility index (Phi) is 5.40. The van der Waals surface area contributed by atoms with Gasteiger partial charge >= 0.3 is 0 Å². The van der Waals surface area contributed by atoms with Crippen LogP contribution in [-0.4, -0.2) is 35.4 Å². The van der Waals surface area contributed by atoms with Gasteiger partial charge in [0.2, 0.25) is 0 Å². The zero-order valence-corrected chi connectivity index (χ0v) is 16.7. The number of para-hydroxylation sites is 1. The van der Waals surface area contributed by atoms with E-state index in [9.17, 15) is 8.78 Å². The number of aromatic nitrogens is 1. The summed E-state index contributed by atoms with van der Waals surface area (Å²) in [4.78, 5) is 6.11. The van der Waals surface area contributed by atoms with Crippen molar-refractivity contribution in [3.63, 3.8) is 0 Å². The van der Waals surface area contributed by atoms with Gasteiger partial charge in [-0.3, -0.25) is 4.98 Å². The van der Waals surface area contributed by atoms with E-state index in [2.05, 4.69) is 28.8 Å². The molecule has 6 heteroatoms. The summed E-state index contributed by atoms with van der Waals surface area (Å²) in [5, 5.41) is 7.56. The van der Waals surface area contributed by atoms with E-state index in [0.717, 1.165) is 27.8 Å². The summed E-state index contributed by atoms with van der Waals surface area (Å²) in [6.07, 6.45) is 1.62. The number of nitrogens with zero attached hydrogens (tertiary/aromatic N) is 2. The highest BCUT2D eigenvalue weighted by molar-refractivity contribution is 5.92. The molecule has 0 radical (unpaired) electrons. The normalized spacial score (nSPS) is 15.2. The minimum Gasteiger partial charge on any atom is -0.379 e. The van der Waals surface area contributed by atoms with E-state index < -0.39 is 5.92 Å². The Morgan fingerprint density at radius 3 is 2.60 bits per heavy atom. The largest absolute Gasteiger partial charge is 0.379 e. The number of rotatable bonds is 7. The molecule has 0 atom stereocenters. The molecule has 2 heterocycles. The zero-order valence-electron chi connectivity index (χ0n) is 16.7. The Morgan fingerprint density at radius 1 is 1.07 bits per heavy atom. The van der Waals surface area contributed by atoms with Gasteiger partial charge < -0.3 is 15.5 Å². The van der Waals surface area contributed by atoms with Gasteiger partial charge in [-0.25, -0.2) is 8.78 Å². The Labute approximate surface area is 174 Å². The van der Waals surface area contributed by atoms with Gasteiger partial charge in [0, 0.05) is 52.9 Å². The van der Waals surface area contributed by atoms with Crippen LogP contribution in [0.3, 0.4) is 0 Å². The molecule has 1 saturated heterocycles. The topological polar surface area (TPSA) is 40.2 Å². The molecule has 3 aromatic rings. The van der Waals surface area contributed by atoms with Crippen LogP contribution in [0.25, 0.3) is 16.6 Å². The van der Waals surface area contributed by atoms with Crippen molar-refractivity contribution < 1.29 is 8.78 Å². The third-order valence-corrected chi connectivity index (χ3v) is 5.25. The van der Waals surface area contributed by atoms with Crippen LogP contribution in [0.5, 0.6) is 0 Å². The minimum absolute atomic E-state index is 0.124. The number of hydrogen-bond donors (Lipinski definition) is 2. The molecule has 0 amide bonds. The van der Waals surface area contributed by atoms with Gasteiger partial charge in [-0.15, -0.1) is 0 Å². The Hall–Kier alpha value is -3.41. The third kappa shape index (κ3) is 4.43. The summed E-state index contributed by atoms with van der Waals surface area (Å²) < 4.78 is 26.9. The van der Waals surface area contributed by atoms with Crippen molar-refractivity contribution in [3.8, 4) is 0 Å². The van der Waals surface area contributed by atoms with Crippen molar-refractivity contribution in [3.05, 3.63) is 85.2 Å². The molecule has 0 saturated carbocycles. The van der Waals surface area contributed by atoms with Gasteiger partial charge in [-0.1, -0.05) is 37.4 Å².